The van der Waals surface area contributed by atoms with Crippen molar-refractivity contribution in [1.29, 1.82) is 5.26 Å². The van der Waals surface area contributed by atoms with E-state index < -0.39 is 17.6 Å². The lowest BCUT2D eigenvalue weighted by Crippen LogP contribution is -2.29. The molecule has 24 heavy (non-hydrogen) atoms. The Labute approximate surface area is 140 Å². The molecular formula is C16H10N4O3S. The molecule has 3 heterocycles. The molecular weight excluding hydrogens is 328 g/mol. The molecule has 1 amide bonds. The van der Waals surface area contributed by atoms with E-state index in [-0.39, 0.29) is 11.5 Å². The minimum absolute atomic E-state index is 0.0684. The standard InChI is InChI=1S/C16H10N4O3S/c17-9-10(16(22)19-14-5-1-2-6-18-14)15(21)11-8-12(23-20-11)13-4-3-7-24-13/h1-8,10H,(H,18,19,22). The highest BCUT2D eigenvalue weighted by Gasteiger charge is 2.30. The number of nitrogens with one attached hydrogen (secondary N) is 1. The second-order valence-electron chi connectivity index (χ2n) is 4.68. The smallest absolute Gasteiger partial charge is 0.250 e. The average Bonchev–Trinajstić information content (AvgIpc) is 3.28. The first-order valence-electron chi connectivity index (χ1n) is 6.85. The Hall–Kier alpha value is -3.31. The van der Waals surface area contributed by atoms with Crippen LogP contribution in [0.2, 0.25) is 0 Å². The van der Waals surface area contributed by atoms with Crippen LogP contribution in [-0.2, 0) is 4.79 Å². The summed E-state index contributed by atoms with van der Waals surface area (Å²) in [6.45, 7) is 0. The molecule has 3 rings (SSSR count). The lowest BCUT2D eigenvalue weighted by molar-refractivity contribution is -0.117. The molecule has 7 nitrogen and oxygen atoms in total. The molecule has 0 saturated carbocycles. The number of nitrogens with zero attached hydrogens (tertiary/aromatic N) is 3. The van der Waals surface area contributed by atoms with Gasteiger partial charge in [0.25, 0.3) is 5.91 Å². The zero-order chi connectivity index (χ0) is 16.9. The number of rotatable bonds is 5. The molecule has 0 aliphatic carbocycles. The topological polar surface area (TPSA) is 109 Å². The van der Waals surface area contributed by atoms with Crippen LogP contribution in [0.1, 0.15) is 10.5 Å². The van der Waals surface area contributed by atoms with E-state index in [4.69, 9.17) is 4.52 Å². The third-order valence-corrected chi connectivity index (χ3v) is 3.98. The van der Waals surface area contributed by atoms with Gasteiger partial charge < -0.3 is 9.84 Å². The summed E-state index contributed by atoms with van der Waals surface area (Å²) < 4.78 is 5.11. The van der Waals surface area contributed by atoms with E-state index in [9.17, 15) is 14.9 Å². The molecule has 1 N–H and O–H groups in total. The van der Waals surface area contributed by atoms with Gasteiger partial charge in [-0.1, -0.05) is 17.3 Å². The molecule has 0 fully saturated rings. The van der Waals surface area contributed by atoms with Crippen LogP contribution >= 0.6 is 11.3 Å². The first-order valence-corrected chi connectivity index (χ1v) is 7.73. The Morgan fingerprint density at radius 1 is 1.29 bits per heavy atom. The Bertz CT molecular complexity index is 897. The maximum atomic E-state index is 12.4. The summed E-state index contributed by atoms with van der Waals surface area (Å²) in [5, 5.41) is 17.1. The third kappa shape index (κ3) is 3.21. The van der Waals surface area contributed by atoms with Gasteiger partial charge in [-0.05, 0) is 23.6 Å². The Kier molecular flexibility index (Phi) is 4.45. The highest BCUT2D eigenvalue weighted by atomic mass is 32.1. The summed E-state index contributed by atoms with van der Waals surface area (Å²) in [5.74, 6) is -2.35. The number of carbonyl (C=O) groups excluding carboxylic acids is 2. The van der Waals surface area contributed by atoms with Crippen LogP contribution in [0.3, 0.4) is 0 Å². The van der Waals surface area contributed by atoms with Crippen molar-refractivity contribution in [3.05, 3.63) is 53.7 Å². The van der Waals surface area contributed by atoms with Crippen LogP contribution in [0.25, 0.3) is 10.6 Å². The van der Waals surface area contributed by atoms with E-state index in [0.717, 1.165) is 4.88 Å². The zero-order valence-corrected chi connectivity index (χ0v) is 13.0. The molecule has 0 spiro atoms. The molecule has 8 heteroatoms. The minimum atomic E-state index is -1.53. The lowest BCUT2D eigenvalue weighted by atomic mass is 10.0. The van der Waals surface area contributed by atoms with E-state index >= 15 is 0 Å². The number of Topliss-reactive ketones (excluding diaryl/α,β-unsaturated/α-hetero) is 1. The Morgan fingerprint density at radius 3 is 2.83 bits per heavy atom. The van der Waals surface area contributed by atoms with Gasteiger partial charge in [0.15, 0.2) is 17.4 Å². The van der Waals surface area contributed by atoms with Crippen LogP contribution in [0.5, 0.6) is 0 Å². The first-order chi connectivity index (χ1) is 11.7. The molecule has 118 valence electrons. The largest absolute Gasteiger partial charge is 0.355 e. The highest BCUT2D eigenvalue weighted by molar-refractivity contribution is 7.13. The maximum absolute atomic E-state index is 12.4. The van der Waals surface area contributed by atoms with E-state index in [2.05, 4.69) is 15.5 Å². The van der Waals surface area contributed by atoms with Crippen molar-refractivity contribution >= 4 is 28.8 Å². The third-order valence-electron chi connectivity index (χ3n) is 3.10. The van der Waals surface area contributed by atoms with Crippen molar-refractivity contribution in [2.24, 2.45) is 5.92 Å². The van der Waals surface area contributed by atoms with Gasteiger partial charge in [0, 0.05) is 12.3 Å². The molecule has 0 aliphatic heterocycles. The fraction of sp³-hybridized carbons (Fsp3) is 0.0625. The fourth-order valence-electron chi connectivity index (χ4n) is 1.95. The number of hydrogen-bond acceptors (Lipinski definition) is 7. The van der Waals surface area contributed by atoms with Crippen molar-refractivity contribution in [2.45, 2.75) is 0 Å². The Balaban J connectivity index is 1.77. The molecule has 1 atom stereocenters. The van der Waals surface area contributed by atoms with Crippen molar-refractivity contribution in [3.8, 4) is 16.7 Å². The Morgan fingerprint density at radius 2 is 2.17 bits per heavy atom. The predicted molar refractivity (Wildman–Crippen MR) is 86.1 cm³/mol. The summed E-state index contributed by atoms with van der Waals surface area (Å²) in [4.78, 5) is 29.2. The van der Waals surface area contributed by atoms with E-state index in [1.807, 2.05) is 17.5 Å². The summed E-state index contributed by atoms with van der Waals surface area (Å²) in [5.41, 5.74) is -0.0684. The first kappa shape index (κ1) is 15.6. The highest BCUT2D eigenvalue weighted by Crippen LogP contribution is 2.26. The number of nitriles is 1. The van der Waals surface area contributed by atoms with Gasteiger partial charge in [0.05, 0.1) is 10.9 Å². The number of thiophene rings is 1. The van der Waals surface area contributed by atoms with Gasteiger partial charge in [-0.3, -0.25) is 9.59 Å². The van der Waals surface area contributed by atoms with Crippen LogP contribution in [-0.4, -0.2) is 21.8 Å². The van der Waals surface area contributed by atoms with Gasteiger partial charge in [0.2, 0.25) is 5.78 Å². The fourth-order valence-corrected chi connectivity index (χ4v) is 2.62. The van der Waals surface area contributed by atoms with E-state index in [0.29, 0.717) is 5.76 Å². The molecule has 0 saturated heterocycles. The number of amides is 1. The predicted octanol–water partition coefficient (Wildman–Crippen LogP) is 2.76. The summed E-state index contributed by atoms with van der Waals surface area (Å²) >= 11 is 1.43. The number of pyridine rings is 1. The number of aromatic nitrogens is 2. The zero-order valence-electron chi connectivity index (χ0n) is 12.2. The van der Waals surface area contributed by atoms with Gasteiger partial charge in [0.1, 0.15) is 5.82 Å². The van der Waals surface area contributed by atoms with Gasteiger partial charge >= 0.3 is 0 Å². The molecule has 0 aliphatic rings. The number of ketones is 1. The maximum Gasteiger partial charge on any atom is 0.250 e. The lowest BCUT2D eigenvalue weighted by Gasteiger charge is -2.07. The summed E-state index contributed by atoms with van der Waals surface area (Å²) in [6.07, 6.45) is 1.49. The summed E-state index contributed by atoms with van der Waals surface area (Å²) in [6, 6.07) is 11.7. The van der Waals surface area contributed by atoms with Gasteiger partial charge in [-0.25, -0.2) is 4.98 Å². The molecule has 3 aromatic rings. The van der Waals surface area contributed by atoms with Crippen LogP contribution in [0.15, 0.2) is 52.5 Å². The quantitative estimate of drug-likeness (QED) is 0.566. The number of carbonyl (C=O) groups is 2. The minimum Gasteiger partial charge on any atom is -0.355 e. The van der Waals surface area contributed by atoms with Crippen molar-refractivity contribution in [1.82, 2.24) is 10.1 Å². The van der Waals surface area contributed by atoms with Gasteiger partial charge in [-0.15, -0.1) is 11.3 Å². The van der Waals surface area contributed by atoms with Gasteiger partial charge in [-0.2, -0.15) is 5.26 Å². The van der Waals surface area contributed by atoms with Crippen LogP contribution in [0, 0.1) is 17.2 Å². The van der Waals surface area contributed by atoms with Crippen LogP contribution in [0.4, 0.5) is 5.82 Å². The van der Waals surface area contributed by atoms with Crippen molar-refractivity contribution in [2.75, 3.05) is 5.32 Å². The normalized spacial score (nSPS) is 11.5. The number of anilines is 1. The van der Waals surface area contributed by atoms with E-state index in [1.54, 1.807) is 24.3 Å². The number of hydrogen-bond donors (Lipinski definition) is 1. The second kappa shape index (κ2) is 6.85. The molecule has 0 bridgehead atoms. The molecule has 0 radical (unpaired) electrons. The SMILES string of the molecule is N#CC(C(=O)Nc1ccccn1)C(=O)c1cc(-c2cccs2)on1. The monoisotopic (exact) mass is 338 g/mol. The van der Waals surface area contributed by atoms with Crippen LogP contribution < -0.4 is 5.32 Å². The average molecular weight is 338 g/mol. The van der Waals surface area contributed by atoms with Crippen molar-refractivity contribution < 1.29 is 14.1 Å². The summed E-state index contributed by atoms with van der Waals surface area (Å²) in [7, 11) is 0. The molecule has 0 aromatic carbocycles. The second-order valence-corrected chi connectivity index (χ2v) is 5.63. The molecule has 1 unspecified atom stereocenters. The van der Waals surface area contributed by atoms with E-state index in [1.165, 1.54) is 23.6 Å². The molecule has 3 aromatic heterocycles. The van der Waals surface area contributed by atoms with Crippen molar-refractivity contribution in [3.63, 3.8) is 0 Å².